The zero-order valence-electron chi connectivity index (χ0n) is 15.8. The van der Waals surface area contributed by atoms with Gasteiger partial charge in [-0.2, -0.15) is 8.75 Å². The number of rotatable bonds is 4. The van der Waals surface area contributed by atoms with Crippen LogP contribution in [-0.2, 0) is 0 Å². The van der Waals surface area contributed by atoms with Gasteiger partial charge in [-0.05, 0) is 49.0 Å². The van der Waals surface area contributed by atoms with Crippen molar-refractivity contribution in [2.24, 2.45) is 0 Å². The highest BCUT2D eigenvalue weighted by Crippen LogP contribution is 2.30. The average molecular weight is 391 g/mol. The third kappa shape index (κ3) is 3.16. The molecule has 28 heavy (non-hydrogen) atoms. The lowest BCUT2D eigenvalue weighted by Crippen LogP contribution is -2.46. The van der Waals surface area contributed by atoms with Gasteiger partial charge < -0.3 is 15.1 Å². The predicted octanol–water partition coefficient (Wildman–Crippen LogP) is 4.13. The molecule has 2 aromatic carbocycles. The fourth-order valence-corrected chi connectivity index (χ4v) is 4.34. The molecular weight excluding hydrogens is 368 g/mol. The van der Waals surface area contributed by atoms with E-state index in [4.69, 9.17) is 0 Å². The molecule has 1 aliphatic heterocycles. The molecule has 0 radical (unpaired) electrons. The molecule has 0 amide bonds. The van der Waals surface area contributed by atoms with Crippen molar-refractivity contribution in [3.8, 4) is 0 Å². The van der Waals surface area contributed by atoms with E-state index >= 15 is 0 Å². The van der Waals surface area contributed by atoms with E-state index in [2.05, 4.69) is 66.1 Å². The van der Waals surface area contributed by atoms with Crippen LogP contribution < -0.4 is 10.2 Å². The maximum Gasteiger partial charge on any atom is 0.131 e. The summed E-state index contributed by atoms with van der Waals surface area (Å²) in [5.74, 6) is 0. The minimum atomic E-state index is 0.868. The Bertz CT molecular complexity index is 1100. The first-order valence-corrected chi connectivity index (χ1v) is 10.4. The minimum absolute atomic E-state index is 0.868. The molecule has 0 unspecified atom stereocenters. The van der Waals surface area contributed by atoms with Gasteiger partial charge in [-0.3, -0.25) is 4.98 Å². The lowest BCUT2D eigenvalue weighted by Gasteiger charge is -2.35. The van der Waals surface area contributed by atoms with E-state index in [1.807, 2.05) is 18.3 Å². The number of hydrogen-bond acceptors (Lipinski definition) is 7. The van der Waals surface area contributed by atoms with E-state index in [0.717, 1.165) is 66.0 Å². The largest absolute Gasteiger partial charge is 0.369 e. The molecule has 0 saturated carbocycles. The summed E-state index contributed by atoms with van der Waals surface area (Å²) in [5.41, 5.74) is 6.05. The van der Waals surface area contributed by atoms with Crippen LogP contribution >= 0.6 is 11.7 Å². The normalized spacial score (nSPS) is 15.4. The average Bonchev–Trinajstić information content (AvgIpc) is 3.24. The fraction of sp³-hybridized carbons (Fsp3) is 0.286. The molecule has 1 aliphatic rings. The summed E-state index contributed by atoms with van der Waals surface area (Å²) in [6.07, 6.45) is 1.82. The Hall–Kier alpha value is -2.77. The van der Waals surface area contributed by atoms with Gasteiger partial charge in [0, 0.05) is 54.8 Å². The van der Waals surface area contributed by atoms with Gasteiger partial charge in [0.25, 0.3) is 0 Å². The molecule has 7 heteroatoms. The molecule has 4 aromatic rings. The van der Waals surface area contributed by atoms with E-state index in [-0.39, 0.29) is 0 Å². The van der Waals surface area contributed by atoms with Crippen LogP contribution in [0.2, 0.25) is 0 Å². The van der Waals surface area contributed by atoms with Gasteiger partial charge in [-0.25, -0.2) is 0 Å². The highest BCUT2D eigenvalue weighted by Gasteiger charge is 2.15. The van der Waals surface area contributed by atoms with E-state index in [1.165, 1.54) is 17.4 Å². The van der Waals surface area contributed by atoms with Crippen LogP contribution in [0.25, 0.3) is 21.9 Å². The second-order valence-electron chi connectivity index (χ2n) is 7.05. The highest BCUT2D eigenvalue weighted by molar-refractivity contribution is 7.00. The van der Waals surface area contributed by atoms with Crippen LogP contribution in [0.15, 0.2) is 48.7 Å². The van der Waals surface area contributed by atoms with Gasteiger partial charge in [0.1, 0.15) is 16.6 Å². The quantitative estimate of drug-likeness (QED) is 0.566. The summed E-state index contributed by atoms with van der Waals surface area (Å²) in [7, 11) is 0. The van der Waals surface area contributed by atoms with Crippen LogP contribution in [0.4, 0.5) is 17.1 Å². The second kappa shape index (κ2) is 7.33. The number of hydrogen-bond donors (Lipinski definition) is 1. The molecule has 6 nitrogen and oxygen atoms in total. The number of piperazine rings is 1. The Morgan fingerprint density at radius 3 is 2.54 bits per heavy atom. The van der Waals surface area contributed by atoms with Gasteiger partial charge in [-0.1, -0.05) is 6.92 Å². The SMILES string of the molecule is CCN1CCN(c2ccc(Nc3ccnc4c3ccc3nsnc34)cc2)CC1. The Morgan fingerprint density at radius 1 is 0.929 bits per heavy atom. The highest BCUT2D eigenvalue weighted by atomic mass is 32.1. The lowest BCUT2D eigenvalue weighted by molar-refractivity contribution is 0.271. The smallest absolute Gasteiger partial charge is 0.131 e. The van der Waals surface area contributed by atoms with Crippen molar-refractivity contribution in [3.63, 3.8) is 0 Å². The van der Waals surface area contributed by atoms with Gasteiger partial charge >= 0.3 is 0 Å². The number of fused-ring (bicyclic) bond motifs is 3. The van der Waals surface area contributed by atoms with Crippen molar-refractivity contribution >= 4 is 50.7 Å². The van der Waals surface area contributed by atoms with Crippen molar-refractivity contribution < 1.29 is 0 Å². The summed E-state index contributed by atoms with van der Waals surface area (Å²) in [6.45, 7) is 7.83. The molecule has 0 aliphatic carbocycles. The van der Waals surface area contributed by atoms with Gasteiger partial charge in [0.2, 0.25) is 0 Å². The Balaban J connectivity index is 1.38. The van der Waals surface area contributed by atoms with Crippen LogP contribution in [0.5, 0.6) is 0 Å². The number of anilines is 3. The van der Waals surface area contributed by atoms with Gasteiger partial charge in [-0.15, -0.1) is 0 Å². The summed E-state index contributed by atoms with van der Waals surface area (Å²) >= 11 is 1.23. The molecule has 3 heterocycles. The number of pyridine rings is 1. The number of benzene rings is 2. The number of aromatic nitrogens is 3. The molecule has 0 atom stereocenters. The maximum absolute atomic E-state index is 4.53. The number of likely N-dealkylation sites (N-methyl/N-ethyl adjacent to an activating group) is 1. The predicted molar refractivity (Wildman–Crippen MR) is 117 cm³/mol. The van der Waals surface area contributed by atoms with Crippen LogP contribution in [-0.4, -0.2) is 51.4 Å². The Morgan fingerprint density at radius 2 is 1.75 bits per heavy atom. The molecule has 2 aromatic heterocycles. The molecule has 1 N–H and O–H groups in total. The molecule has 0 spiro atoms. The van der Waals surface area contributed by atoms with E-state index in [0.29, 0.717) is 0 Å². The van der Waals surface area contributed by atoms with Gasteiger partial charge in [0.15, 0.2) is 0 Å². The minimum Gasteiger partial charge on any atom is -0.369 e. The third-order valence-electron chi connectivity index (χ3n) is 5.47. The molecule has 142 valence electrons. The monoisotopic (exact) mass is 390 g/mol. The van der Waals surface area contributed by atoms with Gasteiger partial charge in [0.05, 0.1) is 11.7 Å². The summed E-state index contributed by atoms with van der Waals surface area (Å²) < 4.78 is 8.71. The summed E-state index contributed by atoms with van der Waals surface area (Å²) in [4.78, 5) is 9.48. The maximum atomic E-state index is 4.53. The van der Waals surface area contributed by atoms with Crippen LogP contribution in [0.3, 0.4) is 0 Å². The molecule has 0 bridgehead atoms. The Labute approximate surface area is 168 Å². The fourth-order valence-electron chi connectivity index (χ4n) is 3.80. The van der Waals surface area contributed by atoms with Crippen LogP contribution in [0, 0.1) is 0 Å². The lowest BCUT2D eigenvalue weighted by atomic mass is 10.1. The molecule has 1 saturated heterocycles. The number of nitrogens with one attached hydrogen (secondary N) is 1. The zero-order chi connectivity index (χ0) is 18.9. The first-order chi connectivity index (χ1) is 13.8. The van der Waals surface area contributed by atoms with E-state index in [9.17, 15) is 0 Å². The molecular formula is C21H22N6S. The van der Waals surface area contributed by atoms with Crippen molar-refractivity contribution in [2.75, 3.05) is 42.9 Å². The molecule has 5 rings (SSSR count). The van der Waals surface area contributed by atoms with Crippen molar-refractivity contribution in [1.29, 1.82) is 0 Å². The third-order valence-corrected chi connectivity index (χ3v) is 6.01. The Kier molecular flexibility index (Phi) is 4.54. The van der Waals surface area contributed by atoms with E-state index < -0.39 is 0 Å². The van der Waals surface area contributed by atoms with Crippen molar-refractivity contribution in [2.45, 2.75) is 6.92 Å². The molecule has 1 fully saturated rings. The topological polar surface area (TPSA) is 57.2 Å². The van der Waals surface area contributed by atoms with Crippen LogP contribution in [0.1, 0.15) is 6.92 Å². The van der Waals surface area contributed by atoms with E-state index in [1.54, 1.807) is 0 Å². The van der Waals surface area contributed by atoms with Crippen molar-refractivity contribution in [3.05, 3.63) is 48.7 Å². The first-order valence-electron chi connectivity index (χ1n) is 9.66. The van der Waals surface area contributed by atoms with Crippen molar-refractivity contribution in [1.82, 2.24) is 18.6 Å². The summed E-state index contributed by atoms with van der Waals surface area (Å²) in [6, 6.07) is 14.8. The summed E-state index contributed by atoms with van der Waals surface area (Å²) in [5, 5.41) is 4.60. The second-order valence-corrected chi connectivity index (χ2v) is 7.57. The number of nitrogens with zero attached hydrogens (tertiary/aromatic N) is 5. The zero-order valence-corrected chi connectivity index (χ0v) is 16.6. The standard InChI is InChI=1S/C21H22N6S/c1-2-26-11-13-27(14-12-26)16-5-3-15(4-6-16)23-18-9-10-22-20-17(18)7-8-19-21(20)25-28-24-19/h3-10H,2,11-14H2,1H3,(H,22,23). The first kappa shape index (κ1) is 17.3.